The monoisotopic (exact) mass is 296 g/mol. The van der Waals surface area contributed by atoms with Crippen molar-refractivity contribution < 1.29 is 9.16 Å². The molecule has 0 bridgehead atoms. The molecule has 20 heavy (non-hydrogen) atoms. The van der Waals surface area contributed by atoms with E-state index >= 15 is 0 Å². The summed E-state index contributed by atoms with van der Waals surface area (Å²) in [6.45, 7) is 14.8. The molecule has 3 heteroatoms. The SMILES string of the molecule is COCC1=C(C)C2CCCCC12O[Si](C)(C)C(C)(C)C. The van der Waals surface area contributed by atoms with Gasteiger partial charge in [-0.2, -0.15) is 0 Å². The normalized spacial score (nSPS) is 31.1. The number of fused-ring (bicyclic) bond motifs is 1. The van der Waals surface area contributed by atoms with E-state index in [1.54, 1.807) is 12.7 Å². The molecular formula is C17H32O2Si. The molecule has 0 heterocycles. The van der Waals surface area contributed by atoms with Gasteiger partial charge in [-0.3, -0.25) is 0 Å². The molecule has 0 aliphatic heterocycles. The van der Waals surface area contributed by atoms with Crippen LogP contribution in [0.5, 0.6) is 0 Å². The maximum atomic E-state index is 6.97. The van der Waals surface area contributed by atoms with Crippen molar-refractivity contribution in [2.45, 2.75) is 77.1 Å². The molecule has 2 rings (SSSR count). The molecule has 116 valence electrons. The van der Waals surface area contributed by atoms with Gasteiger partial charge < -0.3 is 9.16 Å². The fraction of sp³-hybridized carbons (Fsp3) is 0.882. The fourth-order valence-electron chi connectivity index (χ4n) is 3.71. The van der Waals surface area contributed by atoms with Gasteiger partial charge in [0.05, 0.1) is 12.2 Å². The molecule has 2 atom stereocenters. The van der Waals surface area contributed by atoms with Crippen LogP contribution in [0, 0.1) is 5.92 Å². The van der Waals surface area contributed by atoms with Gasteiger partial charge in [0.1, 0.15) is 0 Å². The Morgan fingerprint density at radius 2 is 1.90 bits per heavy atom. The number of methoxy groups -OCH3 is 1. The lowest BCUT2D eigenvalue weighted by molar-refractivity contribution is -0.0283. The molecule has 0 aromatic carbocycles. The predicted octanol–water partition coefficient (Wildman–Crippen LogP) is 4.91. The van der Waals surface area contributed by atoms with E-state index in [0.29, 0.717) is 5.92 Å². The molecule has 2 aliphatic rings. The van der Waals surface area contributed by atoms with Crippen molar-refractivity contribution in [3.63, 3.8) is 0 Å². The first kappa shape index (κ1) is 16.3. The largest absolute Gasteiger partial charge is 0.407 e. The molecule has 0 aromatic rings. The van der Waals surface area contributed by atoms with E-state index in [0.717, 1.165) is 6.61 Å². The number of ether oxygens (including phenoxy) is 1. The third-order valence-corrected chi connectivity index (χ3v) is 10.4. The Morgan fingerprint density at radius 3 is 2.45 bits per heavy atom. The standard InChI is InChI=1S/C17H32O2Si/c1-13-14-10-8-9-11-17(14,15(13)12-18-5)19-20(6,7)16(2,3)4/h14H,8-12H2,1-7H3. The lowest BCUT2D eigenvalue weighted by Crippen LogP contribution is -2.61. The van der Waals surface area contributed by atoms with Gasteiger partial charge in [0, 0.05) is 13.0 Å². The van der Waals surface area contributed by atoms with Gasteiger partial charge in [-0.05, 0) is 43.5 Å². The predicted molar refractivity (Wildman–Crippen MR) is 87.5 cm³/mol. The van der Waals surface area contributed by atoms with Crippen molar-refractivity contribution in [2.75, 3.05) is 13.7 Å². The van der Waals surface area contributed by atoms with Crippen LogP contribution >= 0.6 is 0 Å². The Bertz CT molecular complexity index is 406. The third-order valence-electron chi connectivity index (χ3n) is 5.90. The van der Waals surface area contributed by atoms with E-state index in [9.17, 15) is 0 Å². The Labute approximate surface area is 126 Å². The Morgan fingerprint density at radius 1 is 1.25 bits per heavy atom. The molecule has 1 fully saturated rings. The molecule has 0 spiro atoms. The quantitative estimate of drug-likeness (QED) is 0.542. The van der Waals surface area contributed by atoms with Crippen LogP contribution in [0.25, 0.3) is 0 Å². The highest BCUT2D eigenvalue weighted by Gasteiger charge is 2.57. The zero-order valence-corrected chi connectivity index (χ0v) is 15.4. The molecular weight excluding hydrogens is 264 g/mol. The van der Waals surface area contributed by atoms with Crippen molar-refractivity contribution in [1.29, 1.82) is 0 Å². The van der Waals surface area contributed by atoms with Gasteiger partial charge in [0.25, 0.3) is 0 Å². The van der Waals surface area contributed by atoms with Crippen molar-refractivity contribution >= 4 is 8.32 Å². The zero-order chi connectivity index (χ0) is 15.2. The molecule has 2 aliphatic carbocycles. The number of rotatable bonds is 4. The first-order valence-corrected chi connectivity index (χ1v) is 11.0. The van der Waals surface area contributed by atoms with Crippen molar-refractivity contribution in [2.24, 2.45) is 5.92 Å². The van der Waals surface area contributed by atoms with Gasteiger partial charge in [0.2, 0.25) is 0 Å². The molecule has 2 nitrogen and oxygen atoms in total. The summed E-state index contributed by atoms with van der Waals surface area (Å²) in [7, 11) is 0.0567. The summed E-state index contributed by atoms with van der Waals surface area (Å²) in [5.41, 5.74) is 3.02. The summed E-state index contributed by atoms with van der Waals surface area (Å²) in [6.07, 6.45) is 5.14. The third kappa shape index (κ3) is 2.42. The van der Waals surface area contributed by atoms with E-state index in [-0.39, 0.29) is 10.6 Å². The Hall–Kier alpha value is -0.123. The Balaban J connectivity index is 2.31. The highest BCUT2D eigenvalue weighted by molar-refractivity contribution is 6.74. The maximum absolute atomic E-state index is 6.97. The van der Waals surface area contributed by atoms with E-state index in [2.05, 4.69) is 40.8 Å². The second-order valence-electron chi connectivity index (χ2n) is 8.14. The fourth-order valence-corrected chi connectivity index (χ4v) is 5.29. The van der Waals surface area contributed by atoms with Crippen LogP contribution < -0.4 is 0 Å². The first-order chi connectivity index (χ1) is 9.16. The van der Waals surface area contributed by atoms with E-state index in [1.807, 2.05) is 0 Å². The average molecular weight is 297 g/mol. The van der Waals surface area contributed by atoms with Crippen LogP contribution in [-0.4, -0.2) is 27.6 Å². The smallest absolute Gasteiger partial charge is 0.193 e. The topological polar surface area (TPSA) is 18.5 Å². The molecule has 0 N–H and O–H groups in total. The summed E-state index contributed by atoms with van der Waals surface area (Å²) in [6, 6.07) is 0. The van der Waals surface area contributed by atoms with Gasteiger partial charge in [-0.1, -0.05) is 39.2 Å². The van der Waals surface area contributed by atoms with Gasteiger partial charge in [-0.15, -0.1) is 0 Å². The molecule has 0 amide bonds. The minimum atomic E-state index is -1.75. The van der Waals surface area contributed by atoms with Crippen molar-refractivity contribution in [3.8, 4) is 0 Å². The lowest BCUT2D eigenvalue weighted by Gasteiger charge is -2.59. The summed E-state index contributed by atoms with van der Waals surface area (Å²) < 4.78 is 12.4. The summed E-state index contributed by atoms with van der Waals surface area (Å²) in [5, 5.41) is 0.269. The van der Waals surface area contributed by atoms with Crippen LogP contribution in [0.3, 0.4) is 0 Å². The van der Waals surface area contributed by atoms with Gasteiger partial charge in [-0.25, -0.2) is 0 Å². The van der Waals surface area contributed by atoms with E-state index in [4.69, 9.17) is 9.16 Å². The molecule has 1 saturated carbocycles. The maximum Gasteiger partial charge on any atom is 0.193 e. The van der Waals surface area contributed by atoms with Gasteiger partial charge >= 0.3 is 0 Å². The second-order valence-corrected chi connectivity index (χ2v) is 12.9. The molecule has 2 unspecified atom stereocenters. The van der Waals surface area contributed by atoms with E-state index < -0.39 is 8.32 Å². The minimum Gasteiger partial charge on any atom is -0.407 e. The second kappa shape index (κ2) is 5.26. The van der Waals surface area contributed by atoms with Crippen LogP contribution in [0.4, 0.5) is 0 Å². The van der Waals surface area contributed by atoms with Crippen LogP contribution in [-0.2, 0) is 9.16 Å². The minimum absolute atomic E-state index is 0.0152. The van der Waals surface area contributed by atoms with Crippen LogP contribution in [0.2, 0.25) is 18.1 Å². The first-order valence-electron chi connectivity index (χ1n) is 8.05. The van der Waals surface area contributed by atoms with Gasteiger partial charge in [0.15, 0.2) is 8.32 Å². The summed E-state index contributed by atoms with van der Waals surface area (Å²) in [4.78, 5) is 0. The summed E-state index contributed by atoms with van der Waals surface area (Å²) in [5.74, 6) is 0.649. The highest BCUT2D eigenvalue weighted by Crippen LogP contribution is 2.57. The molecule has 0 radical (unpaired) electrons. The number of hydrogen-bond acceptors (Lipinski definition) is 2. The van der Waals surface area contributed by atoms with Crippen molar-refractivity contribution in [1.82, 2.24) is 0 Å². The highest BCUT2D eigenvalue weighted by atomic mass is 28.4. The number of hydrogen-bond donors (Lipinski definition) is 0. The Kier molecular flexibility index (Phi) is 4.27. The molecule has 0 saturated heterocycles. The van der Waals surface area contributed by atoms with Crippen molar-refractivity contribution in [3.05, 3.63) is 11.1 Å². The zero-order valence-electron chi connectivity index (χ0n) is 14.4. The lowest BCUT2D eigenvalue weighted by atomic mass is 9.58. The van der Waals surface area contributed by atoms with E-state index in [1.165, 1.54) is 31.3 Å². The van der Waals surface area contributed by atoms with Crippen LogP contribution in [0.1, 0.15) is 53.4 Å². The van der Waals surface area contributed by atoms with Crippen LogP contribution in [0.15, 0.2) is 11.1 Å². The molecule has 0 aromatic heterocycles. The summed E-state index contributed by atoms with van der Waals surface area (Å²) >= 11 is 0. The average Bonchev–Trinajstić information content (AvgIpc) is 2.34.